The van der Waals surface area contributed by atoms with Crippen LogP contribution in [0.5, 0.6) is 0 Å². The van der Waals surface area contributed by atoms with Crippen molar-refractivity contribution in [3.05, 3.63) is 71.8 Å². The molecule has 188 valence electrons. The lowest BCUT2D eigenvalue weighted by Gasteiger charge is -2.15. The Balaban J connectivity index is 1.49. The molecule has 2 rings (SSSR count). The van der Waals surface area contributed by atoms with Crippen LogP contribution in [0.3, 0.4) is 0 Å². The third-order valence-electron chi connectivity index (χ3n) is 5.12. The minimum atomic E-state index is -0.423. The molecule has 0 radical (unpaired) electrons. The number of carbonyl (C=O) groups excluding carboxylic acids is 4. The molecular formula is C27H34N2O6. The van der Waals surface area contributed by atoms with Gasteiger partial charge in [0.05, 0.1) is 26.1 Å². The number of nitrogens with one attached hydrogen (secondary N) is 2. The van der Waals surface area contributed by atoms with Crippen LogP contribution in [-0.4, -0.2) is 49.6 Å². The number of amides is 2. The summed E-state index contributed by atoms with van der Waals surface area (Å²) < 4.78 is 10.3. The summed E-state index contributed by atoms with van der Waals surface area (Å²) in [6, 6.07) is 19.1. The van der Waals surface area contributed by atoms with Crippen molar-refractivity contribution in [1.82, 2.24) is 10.6 Å². The van der Waals surface area contributed by atoms with Crippen molar-refractivity contribution in [3.63, 3.8) is 0 Å². The predicted octanol–water partition coefficient (Wildman–Crippen LogP) is 2.74. The first kappa shape index (κ1) is 27.6. The van der Waals surface area contributed by atoms with E-state index in [0.29, 0.717) is 12.8 Å². The second kappa shape index (κ2) is 16.0. The fraction of sp³-hybridized carbons (Fsp3) is 0.407. The van der Waals surface area contributed by atoms with E-state index in [1.807, 2.05) is 60.7 Å². The van der Waals surface area contributed by atoms with Gasteiger partial charge < -0.3 is 20.1 Å². The summed E-state index contributed by atoms with van der Waals surface area (Å²) in [6.45, 7) is 2.50. The summed E-state index contributed by atoms with van der Waals surface area (Å²) in [6.07, 6.45) is 1.26. The van der Waals surface area contributed by atoms with Crippen molar-refractivity contribution in [2.24, 2.45) is 0 Å². The van der Waals surface area contributed by atoms with Crippen LogP contribution in [0.1, 0.15) is 43.7 Å². The number of hydrogen-bond acceptors (Lipinski definition) is 6. The van der Waals surface area contributed by atoms with E-state index >= 15 is 0 Å². The molecule has 1 unspecified atom stereocenters. The number of ether oxygens (including phenoxy) is 2. The zero-order chi connectivity index (χ0) is 25.3. The van der Waals surface area contributed by atoms with Crippen molar-refractivity contribution >= 4 is 23.8 Å². The van der Waals surface area contributed by atoms with E-state index in [1.54, 1.807) is 6.92 Å². The molecule has 0 spiro atoms. The van der Waals surface area contributed by atoms with Gasteiger partial charge in [-0.3, -0.25) is 19.2 Å². The van der Waals surface area contributed by atoms with Gasteiger partial charge in [0.15, 0.2) is 0 Å². The van der Waals surface area contributed by atoms with E-state index in [4.69, 9.17) is 9.47 Å². The van der Waals surface area contributed by atoms with Crippen LogP contribution in [0, 0.1) is 0 Å². The van der Waals surface area contributed by atoms with Gasteiger partial charge in [-0.15, -0.1) is 0 Å². The molecule has 8 heteroatoms. The fourth-order valence-electron chi connectivity index (χ4n) is 3.18. The molecule has 0 aliphatic rings. The molecule has 2 aromatic carbocycles. The third kappa shape index (κ3) is 13.0. The highest BCUT2D eigenvalue weighted by atomic mass is 16.5. The van der Waals surface area contributed by atoms with Gasteiger partial charge in [-0.05, 0) is 18.1 Å². The number of hydrogen-bond donors (Lipinski definition) is 2. The maximum atomic E-state index is 12.0. The summed E-state index contributed by atoms with van der Waals surface area (Å²) >= 11 is 0. The summed E-state index contributed by atoms with van der Waals surface area (Å²) in [5.74, 6) is -1.44. The maximum absolute atomic E-state index is 12.0. The van der Waals surface area contributed by atoms with E-state index in [0.717, 1.165) is 11.1 Å². The molecule has 8 nitrogen and oxygen atoms in total. The lowest BCUT2D eigenvalue weighted by Crippen LogP contribution is -2.42. The Morgan fingerprint density at radius 1 is 0.686 bits per heavy atom. The number of carbonyl (C=O) groups is 4. The van der Waals surface area contributed by atoms with Gasteiger partial charge in [-0.2, -0.15) is 0 Å². The summed E-state index contributed by atoms with van der Waals surface area (Å²) in [5.41, 5.74) is 2.16. The van der Waals surface area contributed by atoms with Crippen LogP contribution >= 0.6 is 0 Å². The van der Waals surface area contributed by atoms with Gasteiger partial charge in [0.25, 0.3) is 0 Å². The van der Waals surface area contributed by atoms with Crippen LogP contribution in [0.2, 0.25) is 0 Å². The van der Waals surface area contributed by atoms with Gasteiger partial charge in [0, 0.05) is 38.3 Å². The Labute approximate surface area is 206 Å². The first-order chi connectivity index (χ1) is 16.9. The standard InChI is InChI=1S/C27H34N2O6/c1-21(29-25(31)13-15-27(33)35-19-17-23-10-6-3-7-11-23)20-28-24(30)12-14-26(32)34-18-16-22-8-4-2-5-9-22/h2-11,21H,12-20H2,1H3,(H,28,30)(H,29,31). The molecular weight excluding hydrogens is 448 g/mol. The number of benzene rings is 2. The highest BCUT2D eigenvalue weighted by Gasteiger charge is 2.13. The second-order valence-corrected chi connectivity index (χ2v) is 8.18. The summed E-state index contributed by atoms with van der Waals surface area (Å²) in [5, 5.41) is 5.41. The van der Waals surface area contributed by atoms with Crippen molar-refractivity contribution in [2.75, 3.05) is 19.8 Å². The summed E-state index contributed by atoms with van der Waals surface area (Å²) in [7, 11) is 0. The van der Waals surface area contributed by atoms with Crippen LogP contribution in [0.25, 0.3) is 0 Å². The zero-order valence-electron chi connectivity index (χ0n) is 20.2. The molecule has 0 heterocycles. The Morgan fingerprint density at radius 3 is 1.63 bits per heavy atom. The Hall–Kier alpha value is -3.68. The van der Waals surface area contributed by atoms with E-state index in [1.165, 1.54) is 0 Å². The summed E-state index contributed by atoms with van der Waals surface area (Å²) in [4.78, 5) is 47.6. The first-order valence-corrected chi connectivity index (χ1v) is 11.9. The monoisotopic (exact) mass is 482 g/mol. The lowest BCUT2D eigenvalue weighted by molar-refractivity contribution is -0.145. The van der Waals surface area contributed by atoms with Crippen molar-refractivity contribution < 1.29 is 28.7 Å². The number of rotatable bonds is 15. The van der Waals surface area contributed by atoms with Crippen molar-refractivity contribution in [2.45, 2.75) is 51.5 Å². The Morgan fingerprint density at radius 2 is 1.14 bits per heavy atom. The second-order valence-electron chi connectivity index (χ2n) is 8.18. The zero-order valence-corrected chi connectivity index (χ0v) is 20.2. The normalized spacial score (nSPS) is 11.2. The van der Waals surface area contributed by atoms with E-state index in [2.05, 4.69) is 10.6 Å². The molecule has 2 amide bonds. The Kier molecular flexibility index (Phi) is 12.6. The van der Waals surface area contributed by atoms with Gasteiger partial charge in [-0.1, -0.05) is 60.7 Å². The average molecular weight is 483 g/mol. The molecule has 0 aliphatic carbocycles. The molecule has 0 fully saturated rings. The van der Waals surface area contributed by atoms with Crippen LogP contribution in [0.4, 0.5) is 0 Å². The van der Waals surface area contributed by atoms with Crippen molar-refractivity contribution in [1.29, 1.82) is 0 Å². The average Bonchev–Trinajstić information content (AvgIpc) is 2.86. The molecule has 0 aromatic heterocycles. The third-order valence-corrected chi connectivity index (χ3v) is 5.12. The molecule has 0 saturated carbocycles. The molecule has 35 heavy (non-hydrogen) atoms. The first-order valence-electron chi connectivity index (χ1n) is 11.9. The lowest BCUT2D eigenvalue weighted by atomic mass is 10.2. The smallest absolute Gasteiger partial charge is 0.306 e. The number of esters is 2. The maximum Gasteiger partial charge on any atom is 0.306 e. The van der Waals surface area contributed by atoms with Gasteiger partial charge in [0.1, 0.15) is 0 Å². The van der Waals surface area contributed by atoms with Crippen LogP contribution in [-0.2, 0) is 41.5 Å². The fourth-order valence-corrected chi connectivity index (χ4v) is 3.18. The van der Waals surface area contributed by atoms with Crippen molar-refractivity contribution in [3.8, 4) is 0 Å². The van der Waals surface area contributed by atoms with E-state index in [9.17, 15) is 19.2 Å². The quantitative estimate of drug-likeness (QED) is 0.378. The van der Waals surface area contributed by atoms with Crippen LogP contribution < -0.4 is 10.6 Å². The molecule has 1 atom stereocenters. The largest absolute Gasteiger partial charge is 0.465 e. The van der Waals surface area contributed by atoms with Gasteiger partial charge in [-0.25, -0.2) is 0 Å². The van der Waals surface area contributed by atoms with Gasteiger partial charge >= 0.3 is 11.9 Å². The van der Waals surface area contributed by atoms with E-state index in [-0.39, 0.29) is 63.3 Å². The predicted molar refractivity (Wildman–Crippen MR) is 131 cm³/mol. The minimum Gasteiger partial charge on any atom is -0.465 e. The molecule has 0 bridgehead atoms. The highest BCUT2D eigenvalue weighted by Crippen LogP contribution is 2.02. The van der Waals surface area contributed by atoms with Crippen LogP contribution in [0.15, 0.2) is 60.7 Å². The SMILES string of the molecule is CC(CNC(=O)CCC(=O)OCCc1ccccc1)NC(=O)CCC(=O)OCCc1ccccc1. The topological polar surface area (TPSA) is 111 Å². The highest BCUT2D eigenvalue weighted by molar-refractivity contribution is 5.82. The van der Waals surface area contributed by atoms with E-state index < -0.39 is 11.9 Å². The molecule has 0 aliphatic heterocycles. The molecule has 2 aromatic rings. The molecule has 2 N–H and O–H groups in total. The minimum absolute atomic E-state index is 0.00620. The molecule has 0 saturated heterocycles. The van der Waals surface area contributed by atoms with Gasteiger partial charge in [0.2, 0.25) is 11.8 Å². The Bertz CT molecular complexity index is 933.